The second-order valence-electron chi connectivity index (χ2n) is 5.06. The molecule has 0 aliphatic carbocycles. The van der Waals surface area contributed by atoms with Gasteiger partial charge in [0.25, 0.3) is 0 Å². The molecule has 1 N–H and O–H groups in total. The smallest absolute Gasteiger partial charge is 0.231 e. The maximum absolute atomic E-state index is 5.47. The zero-order valence-electron chi connectivity index (χ0n) is 12.4. The lowest BCUT2D eigenvalue weighted by Gasteiger charge is -2.20. The first kappa shape index (κ1) is 15.2. The third-order valence-electron chi connectivity index (χ3n) is 3.47. The Balaban J connectivity index is 2.01. The van der Waals surface area contributed by atoms with Gasteiger partial charge < -0.3 is 9.84 Å². The fourth-order valence-electron chi connectivity index (χ4n) is 2.32. The monoisotopic (exact) mass is 293 g/mol. The van der Waals surface area contributed by atoms with Gasteiger partial charge in [0.1, 0.15) is 0 Å². The predicted octanol–water partition coefficient (Wildman–Crippen LogP) is 3.60. The van der Waals surface area contributed by atoms with Gasteiger partial charge in [-0.05, 0) is 37.8 Å². The van der Waals surface area contributed by atoms with E-state index in [1.807, 2.05) is 6.07 Å². The minimum atomic E-state index is 0.283. The lowest BCUT2D eigenvalue weighted by molar-refractivity contribution is 0.314. The minimum absolute atomic E-state index is 0.283. The van der Waals surface area contributed by atoms with Crippen LogP contribution in [0.25, 0.3) is 0 Å². The Morgan fingerprint density at radius 3 is 2.90 bits per heavy atom. The van der Waals surface area contributed by atoms with Crippen molar-refractivity contribution in [3.8, 4) is 0 Å². The molecule has 0 bridgehead atoms. The lowest BCUT2D eigenvalue weighted by atomic mass is 9.98. The summed E-state index contributed by atoms with van der Waals surface area (Å²) in [6, 6.07) is 4.51. The lowest BCUT2D eigenvalue weighted by Crippen LogP contribution is -2.32. The number of thiophene rings is 1. The zero-order valence-corrected chi connectivity index (χ0v) is 13.2. The number of hydrogen-bond donors (Lipinski definition) is 1. The van der Waals surface area contributed by atoms with Gasteiger partial charge in [-0.15, -0.1) is 11.3 Å². The van der Waals surface area contributed by atoms with Gasteiger partial charge in [-0.1, -0.05) is 25.1 Å². The molecule has 0 radical (unpaired) electrons. The summed E-state index contributed by atoms with van der Waals surface area (Å²) < 4.78 is 5.47. The first-order valence-corrected chi connectivity index (χ1v) is 8.20. The molecule has 20 heavy (non-hydrogen) atoms. The summed E-state index contributed by atoms with van der Waals surface area (Å²) in [5, 5.41) is 9.70. The predicted molar refractivity (Wildman–Crippen MR) is 82.2 cm³/mol. The summed E-state index contributed by atoms with van der Waals surface area (Å²) in [5.74, 6) is 1.82. The molecular formula is C15H23N3OS. The molecule has 0 fully saturated rings. The van der Waals surface area contributed by atoms with Crippen molar-refractivity contribution in [2.24, 2.45) is 0 Å². The molecule has 0 saturated carbocycles. The topological polar surface area (TPSA) is 51.0 Å². The normalized spacial score (nSPS) is 14.3. The molecule has 0 saturated heterocycles. The second kappa shape index (κ2) is 7.55. The Bertz CT molecular complexity index is 495. The highest BCUT2D eigenvalue weighted by Gasteiger charge is 2.23. The maximum Gasteiger partial charge on any atom is 0.231 e. The molecule has 2 unspecified atom stereocenters. The summed E-state index contributed by atoms with van der Waals surface area (Å²) in [4.78, 5) is 5.84. The van der Waals surface area contributed by atoms with E-state index < -0.39 is 0 Å². The molecule has 110 valence electrons. The average Bonchev–Trinajstić information content (AvgIpc) is 3.10. The van der Waals surface area contributed by atoms with Crippen molar-refractivity contribution in [3.05, 3.63) is 34.1 Å². The van der Waals surface area contributed by atoms with Crippen molar-refractivity contribution in [2.45, 2.75) is 52.0 Å². The Morgan fingerprint density at radius 2 is 2.25 bits per heavy atom. The summed E-state index contributed by atoms with van der Waals surface area (Å²) in [6.07, 6.45) is 2.89. The highest BCUT2D eigenvalue weighted by Crippen LogP contribution is 2.22. The van der Waals surface area contributed by atoms with Crippen molar-refractivity contribution < 1.29 is 4.52 Å². The standard InChI is InChI=1S/C15H23N3OS/c1-4-8-16-11(3)13(5-2)15-17-14(18-19-15)10-12-7-6-9-20-12/h6-7,9,11,13,16H,4-5,8,10H2,1-3H3. The highest BCUT2D eigenvalue weighted by molar-refractivity contribution is 7.09. The van der Waals surface area contributed by atoms with E-state index in [-0.39, 0.29) is 5.92 Å². The van der Waals surface area contributed by atoms with Gasteiger partial charge in [0, 0.05) is 17.3 Å². The van der Waals surface area contributed by atoms with Crippen LogP contribution in [0.3, 0.4) is 0 Å². The van der Waals surface area contributed by atoms with E-state index in [1.165, 1.54) is 4.88 Å². The molecule has 0 spiro atoms. The molecule has 5 heteroatoms. The van der Waals surface area contributed by atoms with Gasteiger partial charge in [0.2, 0.25) is 5.89 Å². The van der Waals surface area contributed by atoms with E-state index in [0.717, 1.165) is 37.5 Å². The number of nitrogens with one attached hydrogen (secondary N) is 1. The largest absolute Gasteiger partial charge is 0.339 e. The molecule has 2 heterocycles. The fourth-order valence-corrected chi connectivity index (χ4v) is 3.02. The quantitative estimate of drug-likeness (QED) is 0.808. The van der Waals surface area contributed by atoms with Crippen LogP contribution in [0.5, 0.6) is 0 Å². The summed E-state index contributed by atoms with van der Waals surface area (Å²) in [7, 11) is 0. The van der Waals surface area contributed by atoms with Gasteiger partial charge in [-0.2, -0.15) is 4.98 Å². The molecular weight excluding hydrogens is 270 g/mol. The molecule has 4 nitrogen and oxygen atoms in total. The van der Waals surface area contributed by atoms with Crippen LogP contribution in [0, 0.1) is 0 Å². The van der Waals surface area contributed by atoms with Crippen molar-refractivity contribution in [2.75, 3.05) is 6.54 Å². The minimum Gasteiger partial charge on any atom is -0.339 e. The van der Waals surface area contributed by atoms with E-state index in [0.29, 0.717) is 6.04 Å². The third kappa shape index (κ3) is 3.90. The van der Waals surface area contributed by atoms with Crippen molar-refractivity contribution in [3.63, 3.8) is 0 Å². The Morgan fingerprint density at radius 1 is 1.40 bits per heavy atom. The number of rotatable bonds is 8. The van der Waals surface area contributed by atoms with Gasteiger partial charge in [0.15, 0.2) is 5.82 Å². The molecule has 2 aromatic rings. The van der Waals surface area contributed by atoms with Gasteiger partial charge in [-0.25, -0.2) is 0 Å². The van der Waals surface area contributed by atoms with Crippen LogP contribution in [-0.2, 0) is 6.42 Å². The SMILES string of the molecule is CCCNC(C)C(CC)c1nc(Cc2cccs2)no1. The van der Waals surface area contributed by atoms with Gasteiger partial charge in [-0.3, -0.25) is 0 Å². The Labute approximate surface area is 124 Å². The van der Waals surface area contributed by atoms with E-state index in [2.05, 4.69) is 47.7 Å². The van der Waals surface area contributed by atoms with Crippen LogP contribution in [-0.4, -0.2) is 22.7 Å². The Kier molecular flexibility index (Phi) is 5.73. The van der Waals surface area contributed by atoms with Crippen LogP contribution in [0.15, 0.2) is 22.0 Å². The molecule has 2 aromatic heterocycles. The number of nitrogens with zero attached hydrogens (tertiary/aromatic N) is 2. The molecule has 0 amide bonds. The molecule has 0 aliphatic heterocycles. The second-order valence-corrected chi connectivity index (χ2v) is 6.09. The van der Waals surface area contributed by atoms with Crippen molar-refractivity contribution >= 4 is 11.3 Å². The summed E-state index contributed by atoms with van der Waals surface area (Å²) in [5.41, 5.74) is 0. The van der Waals surface area contributed by atoms with E-state index >= 15 is 0 Å². The highest BCUT2D eigenvalue weighted by atomic mass is 32.1. The average molecular weight is 293 g/mol. The Hall–Kier alpha value is -1.20. The van der Waals surface area contributed by atoms with Crippen molar-refractivity contribution in [1.82, 2.24) is 15.5 Å². The number of hydrogen-bond acceptors (Lipinski definition) is 5. The van der Waals surface area contributed by atoms with Gasteiger partial charge in [0.05, 0.1) is 5.92 Å². The maximum atomic E-state index is 5.47. The fraction of sp³-hybridized carbons (Fsp3) is 0.600. The van der Waals surface area contributed by atoms with Crippen molar-refractivity contribution in [1.29, 1.82) is 0 Å². The first-order chi connectivity index (χ1) is 9.74. The third-order valence-corrected chi connectivity index (χ3v) is 4.35. The van der Waals surface area contributed by atoms with E-state index in [4.69, 9.17) is 4.52 Å². The van der Waals surface area contributed by atoms with Crippen LogP contribution in [0.2, 0.25) is 0 Å². The van der Waals surface area contributed by atoms with E-state index in [1.54, 1.807) is 11.3 Å². The number of aromatic nitrogens is 2. The van der Waals surface area contributed by atoms with Crippen LogP contribution >= 0.6 is 11.3 Å². The summed E-state index contributed by atoms with van der Waals surface area (Å²) >= 11 is 1.72. The van der Waals surface area contributed by atoms with Crippen LogP contribution in [0.4, 0.5) is 0 Å². The molecule has 0 aliphatic rings. The van der Waals surface area contributed by atoms with Gasteiger partial charge >= 0.3 is 0 Å². The molecule has 2 atom stereocenters. The first-order valence-electron chi connectivity index (χ1n) is 7.32. The molecule has 0 aromatic carbocycles. The van der Waals surface area contributed by atoms with E-state index in [9.17, 15) is 0 Å². The summed E-state index contributed by atoms with van der Waals surface area (Å²) in [6.45, 7) is 7.55. The molecule has 2 rings (SSSR count). The zero-order chi connectivity index (χ0) is 14.4. The van der Waals surface area contributed by atoms with Crippen LogP contribution < -0.4 is 5.32 Å². The van der Waals surface area contributed by atoms with Crippen LogP contribution in [0.1, 0.15) is 56.1 Å².